The fraction of sp³-hybridized carbons (Fsp3) is 0.294. The van der Waals surface area contributed by atoms with Crippen LogP contribution in [0, 0.1) is 6.92 Å². The summed E-state index contributed by atoms with van der Waals surface area (Å²) in [4.78, 5) is 22.2. The molecule has 0 unspecified atom stereocenters. The van der Waals surface area contributed by atoms with E-state index in [1.165, 1.54) is 16.9 Å². The summed E-state index contributed by atoms with van der Waals surface area (Å²) in [5, 5.41) is 0.756. The van der Waals surface area contributed by atoms with E-state index >= 15 is 0 Å². The molecule has 3 rings (SSSR count). The van der Waals surface area contributed by atoms with Gasteiger partial charge >= 0.3 is 0 Å². The number of likely N-dealkylation sites (N-methyl/N-ethyl adjacent to an activating group) is 1. The minimum atomic E-state index is 0. The predicted octanol–water partition coefficient (Wildman–Crippen LogP) is 5.06. The highest BCUT2D eigenvalue weighted by Gasteiger charge is 2.22. The Morgan fingerprint density at radius 2 is 1.92 bits per heavy atom. The van der Waals surface area contributed by atoms with Gasteiger partial charge in [-0.25, -0.2) is 4.98 Å². The second kappa shape index (κ2) is 8.60. The van der Waals surface area contributed by atoms with Crippen molar-refractivity contribution in [1.82, 2.24) is 9.88 Å². The summed E-state index contributed by atoms with van der Waals surface area (Å²) in [6, 6.07) is 9.95. The lowest BCUT2D eigenvalue weighted by Gasteiger charge is -2.21. The van der Waals surface area contributed by atoms with E-state index in [4.69, 9.17) is 0 Å². The molecule has 0 radical (unpaired) electrons. The zero-order valence-corrected chi connectivity index (χ0v) is 18.2. The number of amides is 1. The maximum Gasteiger partial charge on any atom is 0.270 e. The summed E-state index contributed by atoms with van der Waals surface area (Å²) in [5.41, 5.74) is 2.14. The van der Waals surface area contributed by atoms with Crippen molar-refractivity contribution in [3.05, 3.63) is 44.6 Å². The highest BCUT2D eigenvalue weighted by molar-refractivity contribution is 9.11. The lowest BCUT2D eigenvalue weighted by atomic mass is 10.2. The van der Waals surface area contributed by atoms with Gasteiger partial charge in [-0.1, -0.05) is 17.4 Å². The summed E-state index contributed by atoms with van der Waals surface area (Å²) in [6.07, 6.45) is 0. The van der Waals surface area contributed by atoms with Crippen LogP contribution in [-0.2, 0) is 0 Å². The molecule has 2 aromatic heterocycles. The quantitative estimate of drug-likeness (QED) is 0.534. The first-order chi connectivity index (χ1) is 11.4. The number of aryl methyl sites for hydroxylation is 1. The number of halogens is 2. The van der Waals surface area contributed by atoms with E-state index in [0.29, 0.717) is 6.54 Å². The number of carbonyl (C=O) groups excluding carboxylic acids is 1. The first kappa shape index (κ1) is 20.3. The number of nitrogens with zero attached hydrogens (tertiary/aromatic N) is 3. The van der Waals surface area contributed by atoms with Gasteiger partial charge < -0.3 is 4.90 Å². The van der Waals surface area contributed by atoms with Crippen molar-refractivity contribution in [1.29, 1.82) is 0 Å². The molecule has 0 aliphatic carbocycles. The Kier molecular flexibility index (Phi) is 6.99. The molecule has 0 fully saturated rings. The fourth-order valence-electron chi connectivity index (χ4n) is 2.28. The largest absolute Gasteiger partial charge is 0.308 e. The Morgan fingerprint density at radius 1 is 1.16 bits per heavy atom. The monoisotopic (exact) mass is 459 g/mol. The van der Waals surface area contributed by atoms with Crippen LogP contribution in [0.15, 0.2) is 34.1 Å². The van der Waals surface area contributed by atoms with Gasteiger partial charge in [0.15, 0.2) is 5.13 Å². The van der Waals surface area contributed by atoms with Crippen LogP contribution in [0.3, 0.4) is 0 Å². The van der Waals surface area contributed by atoms with Gasteiger partial charge in [-0.15, -0.1) is 23.7 Å². The molecule has 25 heavy (non-hydrogen) atoms. The standard InChI is InChI=1S/C17H18BrN3OS2.ClH/c1-11-4-5-12-14(10-11)24-17(19-12)21(9-8-20(2)3)16(22)13-6-7-15(18)23-13;/h4-7,10H,8-9H2,1-3H3;1H. The normalized spacial score (nSPS) is 10.9. The molecule has 0 aliphatic heterocycles. The van der Waals surface area contributed by atoms with Gasteiger partial charge in [0.2, 0.25) is 0 Å². The number of carbonyl (C=O) groups is 1. The molecular weight excluding hydrogens is 442 g/mol. The molecule has 134 valence electrons. The molecule has 0 N–H and O–H groups in total. The van der Waals surface area contributed by atoms with Crippen LogP contribution in [0.5, 0.6) is 0 Å². The second-order valence-corrected chi connectivity index (χ2v) is 9.30. The van der Waals surface area contributed by atoms with Crippen LogP contribution < -0.4 is 4.90 Å². The third-order valence-electron chi connectivity index (χ3n) is 3.56. The number of rotatable bonds is 5. The van der Waals surface area contributed by atoms with Gasteiger partial charge in [0.25, 0.3) is 5.91 Å². The summed E-state index contributed by atoms with van der Waals surface area (Å²) >= 11 is 6.45. The van der Waals surface area contributed by atoms with Gasteiger partial charge in [0.1, 0.15) is 0 Å². The molecule has 0 spiro atoms. The molecule has 0 aliphatic rings. The van der Waals surface area contributed by atoms with Crippen molar-refractivity contribution in [3.8, 4) is 0 Å². The number of hydrogen-bond donors (Lipinski definition) is 0. The summed E-state index contributed by atoms with van der Waals surface area (Å²) in [6.45, 7) is 3.46. The summed E-state index contributed by atoms with van der Waals surface area (Å²) in [5.74, 6) is 0.00308. The third kappa shape index (κ3) is 4.80. The number of anilines is 1. The first-order valence-electron chi connectivity index (χ1n) is 7.53. The zero-order chi connectivity index (χ0) is 17.3. The van der Waals surface area contributed by atoms with E-state index in [1.54, 1.807) is 16.2 Å². The van der Waals surface area contributed by atoms with E-state index in [1.807, 2.05) is 38.4 Å². The molecule has 4 nitrogen and oxygen atoms in total. The van der Waals surface area contributed by atoms with Gasteiger partial charge in [0.05, 0.1) is 18.9 Å². The molecule has 1 amide bonds. The van der Waals surface area contributed by atoms with E-state index in [2.05, 4.69) is 38.8 Å². The molecule has 8 heteroatoms. The van der Waals surface area contributed by atoms with Crippen LogP contribution in [0.1, 0.15) is 15.2 Å². The fourth-order valence-corrected chi connectivity index (χ4v) is 4.70. The molecular formula is C17H19BrClN3OS2. The Morgan fingerprint density at radius 3 is 2.56 bits per heavy atom. The van der Waals surface area contributed by atoms with E-state index in [-0.39, 0.29) is 18.3 Å². The zero-order valence-electron chi connectivity index (χ0n) is 14.2. The van der Waals surface area contributed by atoms with Gasteiger partial charge in [0, 0.05) is 13.1 Å². The molecule has 3 aromatic rings. The molecule has 0 atom stereocenters. The van der Waals surface area contributed by atoms with Crippen molar-refractivity contribution in [2.75, 3.05) is 32.1 Å². The lowest BCUT2D eigenvalue weighted by Crippen LogP contribution is -2.36. The van der Waals surface area contributed by atoms with Crippen LogP contribution in [0.2, 0.25) is 0 Å². The van der Waals surface area contributed by atoms with Crippen molar-refractivity contribution >= 4 is 72.3 Å². The van der Waals surface area contributed by atoms with Crippen LogP contribution in [0.25, 0.3) is 10.2 Å². The van der Waals surface area contributed by atoms with E-state index < -0.39 is 0 Å². The Balaban J connectivity index is 0.00000225. The van der Waals surface area contributed by atoms with Crippen LogP contribution in [-0.4, -0.2) is 43.0 Å². The SMILES string of the molecule is Cc1ccc2nc(N(CCN(C)C)C(=O)c3ccc(Br)s3)sc2c1.Cl. The number of thiophene rings is 1. The van der Waals surface area contributed by atoms with Gasteiger partial charge in [-0.05, 0) is 66.8 Å². The number of hydrogen-bond acceptors (Lipinski definition) is 5. The smallest absolute Gasteiger partial charge is 0.270 e. The van der Waals surface area contributed by atoms with Crippen LogP contribution >= 0.6 is 51.0 Å². The van der Waals surface area contributed by atoms with Crippen molar-refractivity contribution < 1.29 is 4.79 Å². The summed E-state index contributed by atoms with van der Waals surface area (Å²) < 4.78 is 2.07. The number of fused-ring (bicyclic) bond motifs is 1. The Bertz CT molecular complexity index is 878. The van der Waals surface area contributed by atoms with E-state index in [9.17, 15) is 4.79 Å². The topological polar surface area (TPSA) is 36.4 Å². The number of aromatic nitrogens is 1. The van der Waals surface area contributed by atoms with Gasteiger partial charge in [-0.3, -0.25) is 9.69 Å². The second-order valence-electron chi connectivity index (χ2n) is 5.83. The number of benzene rings is 1. The average molecular weight is 461 g/mol. The maximum atomic E-state index is 13.0. The molecule has 2 heterocycles. The third-order valence-corrected chi connectivity index (χ3v) is 6.22. The van der Waals surface area contributed by atoms with Crippen LogP contribution in [0.4, 0.5) is 5.13 Å². The van der Waals surface area contributed by atoms with Gasteiger partial charge in [-0.2, -0.15) is 0 Å². The Hall–Kier alpha value is -0.990. The highest BCUT2D eigenvalue weighted by atomic mass is 79.9. The summed E-state index contributed by atoms with van der Waals surface area (Å²) in [7, 11) is 4.01. The first-order valence-corrected chi connectivity index (χ1v) is 9.96. The lowest BCUT2D eigenvalue weighted by molar-refractivity contribution is 0.0989. The van der Waals surface area contributed by atoms with Crippen molar-refractivity contribution in [2.24, 2.45) is 0 Å². The predicted molar refractivity (Wildman–Crippen MR) is 114 cm³/mol. The van der Waals surface area contributed by atoms with E-state index in [0.717, 1.165) is 30.6 Å². The molecule has 0 saturated heterocycles. The maximum absolute atomic E-state index is 13.0. The molecule has 0 saturated carbocycles. The minimum Gasteiger partial charge on any atom is -0.308 e. The van der Waals surface area contributed by atoms with Crippen molar-refractivity contribution in [2.45, 2.75) is 6.92 Å². The highest BCUT2D eigenvalue weighted by Crippen LogP contribution is 2.31. The number of thiazole rings is 1. The molecule has 0 bridgehead atoms. The Labute approximate surface area is 170 Å². The van der Waals surface area contributed by atoms with Crippen molar-refractivity contribution in [3.63, 3.8) is 0 Å². The average Bonchev–Trinajstić information content (AvgIpc) is 3.12. The minimum absolute atomic E-state index is 0. The molecule has 1 aromatic carbocycles.